The summed E-state index contributed by atoms with van der Waals surface area (Å²) in [5.74, 6) is -0.497. The summed E-state index contributed by atoms with van der Waals surface area (Å²) in [5, 5.41) is 0. The van der Waals surface area contributed by atoms with Gasteiger partial charge >= 0.3 is 0 Å². The lowest BCUT2D eigenvalue weighted by Crippen LogP contribution is -2.53. The lowest BCUT2D eigenvalue weighted by molar-refractivity contribution is 0.262. The first kappa shape index (κ1) is 18.3. The van der Waals surface area contributed by atoms with Gasteiger partial charge in [0.2, 0.25) is 10.0 Å². The smallest absolute Gasteiger partial charge is 0.207 e. The fourth-order valence-electron chi connectivity index (χ4n) is 2.41. The van der Waals surface area contributed by atoms with E-state index in [4.69, 9.17) is 0 Å². The fraction of sp³-hybridized carbons (Fsp3) is 0.538. The summed E-state index contributed by atoms with van der Waals surface area (Å²) in [4.78, 5) is 0.0443. The Morgan fingerprint density at radius 2 is 1.52 bits per heavy atom. The van der Waals surface area contributed by atoms with E-state index in [2.05, 4.69) is 0 Å². The lowest BCUT2D eigenvalue weighted by atomic mass is 10.2. The Bertz CT molecular complexity index is 785. The first-order valence-corrected chi connectivity index (χ1v) is 9.84. The Kier molecular flexibility index (Phi) is 5.12. The summed E-state index contributed by atoms with van der Waals surface area (Å²) in [6, 6.07) is 3.51. The zero-order valence-electron chi connectivity index (χ0n) is 13.2. The molecule has 130 valence electrons. The minimum atomic E-state index is -3.77. The molecule has 0 amide bonds. The lowest BCUT2D eigenvalue weighted by Gasteiger charge is -2.34. The van der Waals surface area contributed by atoms with Crippen LogP contribution in [0, 0.1) is 12.7 Å². The van der Waals surface area contributed by atoms with Crippen molar-refractivity contribution in [3.63, 3.8) is 0 Å². The van der Waals surface area contributed by atoms with Crippen LogP contribution in [-0.4, -0.2) is 70.0 Å². The SMILES string of the molecule is Cc1cc(F)ccc1S(=O)(=O)N1CCN(S(=O)(=O)N(C)C)CC1. The van der Waals surface area contributed by atoms with E-state index in [0.29, 0.717) is 5.56 Å². The van der Waals surface area contributed by atoms with Gasteiger partial charge in [0.1, 0.15) is 5.82 Å². The van der Waals surface area contributed by atoms with Gasteiger partial charge in [-0.1, -0.05) is 0 Å². The number of halogens is 1. The molecule has 1 aromatic carbocycles. The van der Waals surface area contributed by atoms with E-state index in [1.807, 2.05) is 0 Å². The topological polar surface area (TPSA) is 78.0 Å². The minimum Gasteiger partial charge on any atom is -0.207 e. The Balaban J connectivity index is 2.19. The molecule has 23 heavy (non-hydrogen) atoms. The second-order valence-corrected chi connectivity index (χ2v) is 9.55. The number of nitrogens with zero attached hydrogens (tertiary/aromatic N) is 3. The van der Waals surface area contributed by atoms with E-state index in [1.54, 1.807) is 0 Å². The molecule has 1 heterocycles. The van der Waals surface area contributed by atoms with Crippen LogP contribution in [0.3, 0.4) is 0 Å². The van der Waals surface area contributed by atoms with Crippen LogP contribution in [0.25, 0.3) is 0 Å². The summed E-state index contributed by atoms with van der Waals surface area (Å²) >= 11 is 0. The predicted octanol–water partition coefficient (Wildman–Crippen LogP) is 0.247. The zero-order chi connectivity index (χ0) is 17.4. The van der Waals surface area contributed by atoms with Gasteiger partial charge in [0, 0.05) is 40.3 Å². The van der Waals surface area contributed by atoms with Gasteiger partial charge in [0.05, 0.1) is 4.90 Å². The van der Waals surface area contributed by atoms with Gasteiger partial charge < -0.3 is 0 Å². The van der Waals surface area contributed by atoms with Gasteiger partial charge in [0.25, 0.3) is 10.2 Å². The molecule has 0 radical (unpaired) electrons. The molecular formula is C13H20FN3O4S2. The Labute approximate surface area is 136 Å². The van der Waals surface area contributed by atoms with Crippen LogP contribution in [0.1, 0.15) is 5.56 Å². The Morgan fingerprint density at radius 3 is 2.00 bits per heavy atom. The average Bonchev–Trinajstić information content (AvgIpc) is 2.46. The first-order valence-electron chi connectivity index (χ1n) is 7.00. The van der Waals surface area contributed by atoms with Crippen molar-refractivity contribution in [2.75, 3.05) is 40.3 Å². The number of hydrogen-bond donors (Lipinski definition) is 0. The number of aryl methyl sites for hydroxylation is 1. The van der Waals surface area contributed by atoms with Crippen molar-refractivity contribution < 1.29 is 21.2 Å². The monoisotopic (exact) mass is 365 g/mol. The number of hydrogen-bond acceptors (Lipinski definition) is 4. The molecule has 7 nitrogen and oxygen atoms in total. The third-order valence-electron chi connectivity index (χ3n) is 3.74. The quantitative estimate of drug-likeness (QED) is 0.766. The van der Waals surface area contributed by atoms with Crippen LogP contribution in [0.5, 0.6) is 0 Å². The molecule has 0 unspecified atom stereocenters. The summed E-state index contributed by atoms with van der Waals surface area (Å²) in [7, 11) is -4.46. The minimum absolute atomic E-state index is 0.0443. The Morgan fingerprint density at radius 1 is 1.00 bits per heavy atom. The number of sulfonamides is 1. The average molecular weight is 365 g/mol. The maximum Gasteiger partial charge on any atom is 0.281 e. The second-order valence-electron chi connectivity index (χ2n) is 5.50. The molecule has 0 aromatic heterocycles. The second kappa shape index (κ2) is 6.44. The number of benzene rings is 1. The molecule has 0 bridgehead atoms. The summed E-state index contributed by atoms with van der Waals surface area (Å²) in [6.45, 7) is 1.82. The third kappa shape index (κ3) is 3.56. The van der Waals surface area contributed by atoms with Gasteiger partial charge in [-0.3, -0.25) is 0 Å². The van der Waals surface area contributed by atoms with Crippen molar-refractivity contribution in [3.8, 4) is 0 Å². The predicted molar refractivity (Wildman–Crippen MR) is 84.1 cm³/mol. The highest BCUT2D eigenvalue weighted by Gasteiger charge is 2.34. The number of piperazine rings is 1. The highest BCUT2D eigenvalue weighted by Crippen LogP contribution is 2.22. The van der Waals surface area contributed by atoms with Crippen molar-refractivity contribution in [2.24, 2.45) is 0 Å². The maximum atomic E-state index is 13.1. The molecule has 1 fully saturated rings. The van der Waals surface area contributed by atoms with E-state index < -0.39 is 26.0 Å². The third-order valence-corrected chi connectivity index (χ3v) is 7.74. The van der Waals surface area contributed by atoms with Crippen LogP contribution >= 0.6 is 0 Å². The van der Waals surface area contributed by atoms with Crippen LogP contribution in [0.4, 0.5) is 4.39 Å². The van der Waals surface area contributed by atoms with Gasteiger partial charge in [-0.2, -0.15) is 21.3 Å². The summed E-state index contributed by atoms with van der Waals surface area (Å²) < 4.78 is 66.1. The largest absolute Gasteiger partial charge is 0.281 e. The molecule has 0 saturated carbocycles. The normalized spacial score (nSPS) is 18.5. The van der Waals surface area contributed by atoms with Gasteiger partial charge in [-0.15, -0.1) is 0 Å². The molecule has 10 heteroatoms. The van der Waals surface area contributed by atoms with Crippen molar-refractivity contribution >= 4 is 20.2 Å². The van der Waals surface area contributed by atoms with Crippen molar-refractivity contribution in [1.29, 1.82) is 0 Å². The molecule has 0 N–H and O–H groups in total. The molecule has 1 aliphatic rings. The van der Waals surface area contributed by atoms with Crippen LogP contribution in [0.15, 0.2) is 23.1 Å². The van der Waals surface area contributed by atoms with E-state index in [-0.39, 0.29) is 31.1 Å². The van der Waals surface area contributed by atoms with Gasteiger partial charge in [-0.05, 0) is 30.7 Å². The van der Waals surface area contributed by atoms with Gasteiger partial charge in [-0.25, -0.2) is 12.8 Å². The molecule has 1 aliphatic heterocycles. The van der Waals surface area contributed by atoms with Crippen molar-refractivity contribution in [3.05, 3.63) is 29.6 Å². The zero-order valence-corrected chi connectivity index (χ0v) is 14.9. The van der Waals surface area contributed by atoms with Crippen LogP contribution < -0.4 is 0 Å². The standard InChI is InChI=1S/C13H20FN3O4S2/c1-11-10-12(14)4-5-13(11)22(18,19)16-6-8-17(9-7-16)23(20,21)15(2)3/h4-5,10H,6-9H2,1-3H3. The molecule has 0 spiro atoms. The van der Waals surface area contributed by atoms with E-state index in [0.717, 1.165) is 10.4 Å². The fourth-order valence-corrected chi connectivity index (χ4v) is 5.13. The molecule has 0 atom stereocenters. The van der Waals surface area contributed by atoms with E-state index in [1.165, 1.54) is 41.8 Å². The molecule has 1 saturated heterocycles. The molecular weight excluding hydrogens is 345 g/mol. The highest BCUT2D eigenvalue weighted by molar-refractivity contribution is 7.89. The Hall–Kier alpha value is -1.07. The van der Waals surface area contributed by atoms with Crippen LogP contribution in [-0.2, 0) is 20.2 Å². The van der Waals surface area contributed by atoms with Crippen molar-refractivity contribution in [2.45, 2.75) is 11.8 Å². The van der Waals surface area contributed by atoms with Gasteiger partial charge in [0.15, 0.2) is 0 Å². The summed E-state index contributed by atoms with van der Waals surface area (Å²) in [6.07, 6.45) is 0. The van der Waals surface area contributed by atoms with E-state index in [9.17, 15) is 21.2 Å². The number of rotatable bonds is 4. The molecule has 1 aromatic rings. The molecule has 0 aliphatic carbocycles. The maximum absolute atomic E-state index is 13.1. The summed E-state index contributed by atoms with van der Waals surface area (Å²) in [5.41, 5.74) is 0.327. The molecule has 2 rings (SSSR count). The van der Waals surface area contributed by atoms with Crippen LogP contribution in [0.2, 0.25) is 0 Å². The van der Waals surface area contributed by atoms with Crippen molar-refractivity contribution in [1.82, 2.24) is 12.9 Å². The highest BCUT2D eigenvalue weighted by atomic mass is 32.2. The van der Waals surface area contributed by atoms with E-state index >= 15 is 0 Å². The first-order chi connectivity index (χ1) is 10.6.